The Kier molecular flexibility index (Phi) is 3.21. The predicted molar refractivity (Wildman–Crippen MR) is 60.3 cm³/mol. The molecule has 1 unspecified atom stereocenters. The third-order valence-corrected chi connectivity index (χ3v) is 2.97. The van der Waals surface area contributed by atoms with Gasteiger partial charge in [-0.25, -0.2) is 0 Å². The highest BCUT2D eigenvalue weighted by atomic mass is 19.4. The molecule has 0 aliphatic carbocycles. The molecule has 0 radical (unpaired) electrons. The van der Waals surface area contributed by atoms with E-state index in [9.17, 15) is 22.8 Å². The van der Waals surface area contributed by atoms with E-state index in [1.54, 1.807) is 6.07 Å². The molecule has 2 amide bonds. The lowest BCUT2D eigenvalue weighted by molar-refractivity contribution is -0.143. The fraction of sp³-hybridized carbons (Fsp3) is 0.333. The van der Waals surface area contributed by atoms with E-state index in [-0.39, 0.29) is 12.1 Å². The molecule has 1 aromatic rings. The fourth-order valence-electron chi connectivity index (χ4n) is 2.16. The summed E-state index contributed by atoms with van der Waals surface area (Å²) in [4.78, 5) is 23.9. The number of benzene rings is 1. The molecule has 1 heterocycles. The highest BCUT2D eigenvalue weighted by Gasteiger charge is 2.39. The first-order valence-electron chi connectivity index (χ1n) is 5.54. The Morgan fingerprint density at radius 1 is 1.37 bits per heavy atom. The summed E-state index contributed by atoms with van der Waals surface area (Å²) in [7, 11) is 0. The molecule has 0 aromatic heterocycles. The first-order chi connectivity index (χ1) is 8.79. The van der Waals surface area contributed by atoms with Crippen LogP contribution in [0, 0.1) is 0 Å². The predicted octanol–water partition coefficient (Wildman–Crippen LogP) is 1.27. The summed E-state index contributed by atoms with van der Waals surface area (Å²) in [5.74, 6) is -2.38. The van der Waals surface area contributed by atoms with E-state index in [2.05, 4.69) is 0 Å². The minimum atomic E-state index is -4.51. The molecule has 4 nitrogen and oxygen atoms in total. The molecule has 0 bridgehead atoms. The Morgan fingerprint density at radius 3 is 2.58 bits per heavy atom. The summed E-state index contributed by atoms with van der Waals surface area (Å²) in [6, 6.07) is 6.08. The molecule has 0 fully saturated rings. The topological polar surface area (TPSA) is 63.4 Å². The van der Waals surface area contributed by atoms with Gasteiger partial charge in [0, 0.05) is 12.1 Å². The van der Waals surface area contributed by atoms with Gasteiger partial charge >= 0.3 is 6.18 Å². The lowest BCUT2D eigenvalue weighted by atomic mass is 9.89. The van der Waals surface area contributed by atoms with Crippen LogP contribution in [0.5, 0.6) is 0 Å². The van der Waals surface area contributed by atoms with Crippen LogP contribution < -0.4 is 5.73 Å². The van der Waals surface area contributed by atoms with Crippen molar-refractivity contribution in [2.24, 2.45) is 5.73 Å². The Bertz CT molecular complexity index is 528. The average Bonchev–Trinajstić information content (AvgIpc) is 2.31. The lowest BCUT2D eigenvalue weighted by Gasteiger charge is -2.33. The quantitative estimate of drug-likeness (QED) is 0.881. The van der Waals surface area contributed by atoms with Crippen LogP contribution in [0.1, 0.15) is 21.8 Å². The first-order valence-corrected chi connectivity index (χ1v) is 5.54. The van der Waals surface area contributed by atoms with Crippen LogP contribution in [0.4, 0.5) is 13.2 Å². The average molecular weight is 272 g/mol. The van der Waals surface area contributed by atoms with Crippen molar-refractivity contribution in [2.45, 2.75) is 12.1 Å². The third-order valence-electron chi connectivity index (χ3n) is 2.97. The molecule has 0 saturated carbocycles. The number of hydrogen-bond donors (Lipinski definition) is 1. The number of nitrogens with two attached hydrogens (primary N) is 1. The van der Waals surface area contributed by atoms with Crippen LogP contribution in [0.15, 0.2) is 24.3 Å². The van der Waals surface area contributed by atoms with E-state index in [0.29, 0.717) is 10.5 Å². The summed E-state index contributed by atoms with van der Waals surface area (Å²) in [5.41, 5.74) is 5.68. The molecule has 0 spiro atoms. The maximum Gasteiger partial charge on any atom is 0.406 e. The SMILES string of the molecule is NC(=O)C1CN(CC(F)(F)F)C(=O)c2ccccc21. The Labute approximate surface area is 107 Å². The van der Waals surface area contributed by atoms with Gasteiger partial charge in [0.1, 0.15) is 6.54 Å². The lowest BCUT2D eigenvalue weighted by Crippen LogP contribution is -2.47. The van der Waals surface area contributed by atoms with Crippen molar-refractivity contribution >= 4 is 11.8 Å². The van der Waals surface area contributed by atoms with E-state index < -0.39 is 30.5 Å². The van der Waals surface area contributed by atoms with Crippen molar-refractivity contribution in [1.82, 2.24) is 4.90 Å². The van der Waals surface area contributed by atoms with Crippen LogP contribution in [0.25, 0.3) is 0 Å². The smallest absolute Gasteiger partial charge is 0.369 e. The zero-order chi connectivity index (χ0) is 14.2. The molecule has 19 heavy (non-hydrogen) atoms. The van der Waals surface area contributed by atoms with E-state index >= 15 is 0 Å². The minimum absolute atomic E-state index is 0.0989. The number of primary amides is 1. The molecule has 1 aromatic carbocycles. The number of nitrogens with zero attached hydrogens (tertiary/aromatic N) is 1. The van der Waals surface area contributed by atoms with Gasteiger partial charge in [0.15, 0.2) is 0 Å². The van der Waals surface area contributed by atoms with Gasteiger partial charge in [-0.3, -0.25) is 9.59 Å². The molecule has 1 aliphatic rings. The Balaban J connectivity index is 2.40. The molecule has 7 heteroatoms. The van der Waals surface area contributed by atoms with Crippen LogP contribution >= 0.6 is 0 Å². The van der Waals surface area contributed by atoms with Gasteiger partial charge in [-0.1, -0.05) is 18.2 Å². The van der Waals surface area contributed by atoms with Gasteiger partial charge in [-0.15, -0.1) is 0 Å². The molecule has 1 atom stereocenters. The van der Waals surface area contributed by atoms with Gasteiger partial charge in [-0.05, 0) is 11.6 Å². The number of alkyl halides is 3. The van der Waals surface area contributed by atoms with Crippen LogP contribution in [0.3, 0.4) is 0 Å². The van der Waals surface area contributed by atoms with Crippen molar-refractivity contribution in [3.8, 4) is 0 Å². The van der Waals surface area contributed by atoms with Crippen molar-refractivity contribution in [1.29, 1.82) is 0 Å². The molecule has 2 N–H and O–H groups in total. The van der Waals surface area contributed by atoms with Crippen LogP contribution in [-0.2, 0) is 4.79 Å². The maximum atomic E-state index is 12.4. The Hall–Kier alpha value is -2.05. The summed E-state index contributed by atoms with van der Waals surface area (Å²) in [6.45, 7) is -1.73. The summed E-state index contributed by atoms with van der Waals surface area (Å²) >= 11 is 0. The van der Waals surface area contributed by atoms with E-state index in [1.165, 1.54) is 18.2 Å². The number of carbonyl (C=O) groups excluding carboxylic acids is 2. The normalized spacial score (nSPS) is 19.2. The standard InChI is InChI=1S/C12H11F3N2O2/c13-12(14,15)6-17-5-9(10(16)18)7-3-1-2-4-8(7)11(17)19/h1-4,9H,5-6H2,(H2,16,18). The van der Waals surface area contributed by atoms with Gasteiger partial charge < -0.3 is 10.6 Å². The number of amides is 2. The first kappa shape index (κ1) is 13.4. The molecular formula is C12H11F3N2O2. The van der Waals surface area contributed by atoms with Gasteiger partial charge in [0.25, 0.3) is 5.91 Å². The molecule has 1 aliphatic heterocycles. The molecule has 102 valence electrons. The number of rotatable bonds is 2. The molecule has 0 saturated heterocycles. The van der Waals surface area contributed by atoms with Crippen LogP contribution in [-0.4, -0.2) is 36.0 Å². The van der Waals surface area contributed by atoms with Gasteiger partial charge in [0.05, 0.1) is 5.92 Å². The van der Waals surface area contributed by atoms with Crippen molar-refractivity contribution < 1.29 is 22.8 Å². The van der Waals surface area contributed by atoms with E-state index in [4.69, 9.17) is 5.73 Å². The van der Waals surface area contributed by atoms with Gasteiger partial charge in [0.2, 0.25) is 5.91 Å². The number of carbonyl (C=O) groups is 2. The second-order valence-corrected chi connectivity index (χ2v) is 4.34. The van der Waals surface area contributed by atoms with E-state index in [1.807, 2.05) is 0 Å². The van der Waals surface area contributed by atoms with Crippen LogP contribution in [0.2, 0.25) is 0 Å². The number of fused-ring (bicyclic) bond motifs is 1. The zero-order valence-electron chi connectivity index (χ0n) is 9.78. The third kappa shape index (κ3) is 2.69. The van der Waals surface area contributed by atoms with Crippen molar-refractivity contribution in [3.05, 3.63) is 35.4 Å². The van der Waals surface area contributed by atoms with Crippen molar-refractivity contribution in [2.75, 3.05) is 13.1 Å². The van der Waals surface area contributed by atoms with E-state index in [0.717, 1.165) is 0 Å². The summed E-state index contributed by atoms with van der Waals surface area (Å²) in [6.07, 6.45) is -4.51. The molecular weight excluding hydrogens is 261 g/mol. The highest BCUT2D eigenvalue weighted by molar-refractivity contribution is 6.00. The van der Waals surface area contributed by atoms with Gasteiger partial charge in [-0.2, -0.15) is 13.2 Å². The highest BCUT2D eigenvalue weighted by Crippen LogP contribution is 2.30. The second kappa shape index (κ2) is 4.56. The second-order valence-electron chi connectivity index (χ2n) is 4.34. The fourth-order valence-corrected chi connectivity index (χ4v) is 2.16. The number of hydrogen-bond acceptors (Lipinski definition) is 2. The minimum Gasteiger partial charge on any atom is -0.369 e. The monoisotopic (exact) mass is 272 g/mol. The maximum absolute atomic E-state index is 12.4. The molecule has 2 rings (SSSR count). The van der Waals surface area contributed by atoms with Crippen molar-refractivity contribution in [3.63, 3.8) is 0 Å². The number of halogens is 3. The zero-order valence-corrected chi connectivity index (χ0v) is 9.78. The summed E-state index contributed by atoms with van der Waals surface area (Å²) < 4.78 is 37.2. The summed E-state index contributed by atoms with van der Waals surface area (Å²) in [5, 5.41) is 0. The Morgan fingerprint density at radius 2 is 2.00 bits per heavy atom. The largest absolute Gasteiger partial charge is 0.406 e.